The summed E-state index contributed by atoms with van der Waals surface area (Å²) in [5.41, 5.74) is 12.2. The molecule has 4 nitrogen and oxygen atoms in total. The van der Waals surface area contributed by atoms with E-state index in [4.69, 9.17) is 21.4 Å². The Morgan fingerprint density at radius 1 is 1.17 bits per heavy atom. The normalized spacial score (nSPS) is 8.08. The van der Waals surface area contributed by atoms with Crippen LogP contribution in [-0.2, 0) is 4.79 Å². The fourth-order valence-corrected chi connectivity index (χ4v) is 0.496. The van der Waals surface area contributed by atoms with Crippen LogP contribution >= 0.6 is 0 Å². The van der Waals surface area contributed by atoms with Gasteiger partial charge in [0.1, 0.15) is 0 Å². The van der Waals surface area contributed by atoms with Gasteiger partial charge in [-0.2, -0.15) is 0 Å². The average Bonchev–Trinajstić information content (AvgIpc) is 1.94. The number of nitrogen functional groups attached to an aromatic ring is 2. The van der Waals surface area contributed by atoms with Gasteiger partial charge in [0.25, 0.3) is 5.97 Å². The lowest BCUT2D eigenvalue weighted by Gasteiger charge is -1.90. The van der Waals surface area contributed by atoms with Crippen LogP contribution < -0.4 is 11.5 Å². The van der Waals surface area contributed by atoms with Gasteiger partial charge in [0.2, 0.25) is 0 Å². The van der Waals surface area contributed by atoms with E-state index in [1.807, 2.05) is 0 Å². The van der Waals surface area contributed by atoms with Crippen molar-refractivity contribution in [1.29, 1.82) is 0 Å². The van der Waals surface area contributed by atoms with Crippen molar-refractivity contribution >= 4 is 17.3 Å². The van der Waals surface area contributed by atoms with Crippen LogP contribution in [0.4, 0.5) is 11.4 Å². The van der Waals surface area contributed by atoms with Crippen LogP contribution in [0.15, 0.2) is 24.3 Å². The van der Waals surface area contributed by atoms with Gasteiger partial charge >= 0.3 is 0 Å². The second-order valence-corrected chi connectivity index (χ2v) is 2.19. The molecule has 1 aromatic carbocycles. The van der Waals surface area contributed by atoms with Crippen molar-refractivity contribution in [3.05, 3.63) is 24.3 Å². The third kappa shape index (κ3) is 6.41. The molecule has 12 heavy (non-hydrogen) atoms. The second kappa shape index (κ2) is 5.01. The van der Waals surface area contributed by atoms with Crippen LogP contribution in [0, 0.1) is 0 Å². The molecule has 0 aromatic heterocycles. The number of benzene rings is 1. The van der Waals surface area contributed by atoms with Crippen molar-refractivity contribution in [3.63, 3.8) is 0 Å². The van der Waals surface area contributed by atoms with Crippen LogP contribution in [0.25, 0.3) is 0 Å². The summed E-state index contributed by atoms with van der Waals surface area (Å²) in [6.45, 7) is 1.08. The maximum Gasteiger partial charge on any atom is 0.300 e. The summed E-state index contributed by atoms with van der Waals surface area (Å²) in [7, 11) is 0. The average molecular weight is 168 g/mol. The van der Waals surface area contributed by atoms with E-state index < -0.39 is 5.97 Å². The van der Waals surface area contributed by atoms with E-state index in [1.165, 1.54) is 0 Å². The topological polar surface area (TPSA) is 89.3 Å². The van der Waals surface area contributed by atoms with Gasteiger partial charge in [-0.3, -0.25) is 4.79 Å². The molecule has 1 aromatic rings. The molecule has 0 heterocycles. The Bertz CT molecular complexity index is 219. The Labute approximate surface area is 70.8 Å². The number of anilines is 2. The van der Waals surface area contributed by atoms with Crippen LogP contribution in [0.5, 0.6) is 0 Å². The predicted molar refractivity (Wildman–Crippen MR) is 48.6 cm³/mol. The fraction of sp³-hybridized carbons (Fsp3) is 0.125. The molecule has 0 radical (unpaired) electrons. The minimum atomic E-state index is -0.833. The summed E-state index contributed by atoms with van der Waals surface area (Å²) >= 11 is 0. The van der Waals surface area contributed by atoms with Crippen LogP contribution in [0.1, 0.15) is 6.92 Å². The number of carbonyl (C=O) groups is 1. The molecule has 0 amide bonds. The molecule has 0 saturated heterocycles. The van der Waals surface area contributed by atoms with Gasteiger partial charge in [-0.1, -0.05) is 0 Å². The molecule has 1 rings (SSSR count). The second-order valence-electron chi connectivity index (χ2n) is 2.19. The van der Waals surface area contributed by atoms with Gasteiger partial charge in [0, 0.05) is 18.3 Å². The predicted octanol–water partition coefficient (Wildman–Crippen LogP) is 0.942. The Kier molecular flexibility index (Phi) is 4.30. The highest BCUT2D eigenvalue weighted by molar-refractivity contribution is 5.62. The highest BCUT2D eigenvalue weighted by atomic mass is 16.4. The highest BCUT2D eigenvalue weighted by Gasteiger charge is 1.80. The SMILES string of the molecule is CC(=O)O.Nc1ccc(N)cc1. The minimum Gasteiger partial charge on any atom is -0.481 e. The van der Waals surface area contributed by atoms with Gasteiger partial charge in [0.05, 0.1) is 0 Å². The number of carboxylic acids is 1. The monoisotopic (exact) mass is 168 g/mol. The lowest BCUT2D eigenvalue weighted by atomic mass is 10.3. The van der Waals surface area contributed by atoms with E-state index >= 15 is 0 Å². The summed E-state index contributed by atoms with van der Waals surface area (Å²) in [6, 6.07) is 7.09. The van der Waals surface area contributed by atoms with Crippen molar-refractivity contribution in [2.75, 3.05) is 11.5 Å². The van der Waals surface area contributed by atoms with Crippen molar-refractivity contribution in [1.82, 2.24) is 0 Å². The third-order valence-electron chi connectivity index (χ3n) is 0.936. The smallest absolute Gasteiger partial charge is 0.300 e. The molecule has 0 aliphatic heterocycles. The Hall–Kier alpha value is -1.71. The molecule has 0 saturated carbocycles. The van der Waals surface area contributed by atoms with Gasteiger partial charge in [0.15, 0.2) is 0 Å². The molecule has 0 spiro atoms. The molecule has 0 aliphatic carbocycles. The molecular weight excluding hydrogens is 156 g/mol. The van der Waals surface area contributed by atoms with Crippen LogP contribution in [0.3, 0.4) is 0 Å². The first-order valence-electron chi connectivity index (χ1n) is 3.33. The van der Waals surface area contributed by atoms with Gasteiger partial charge < -0.3 is 16.6 Å². The Morgan fingerprint density at radius 3 is 1.50 bits per heavy atom. The zero-order valence-electron chi connectivity index (χ0n) is 6.82. The zero-order chi connectivity index (χ0) is 9.56. The van der Waals surface area contributed by atoms with Gasteiger partial charge in [-0.05, 0) is 24.3 Å². The lowest BCUT2D eigenvalue weighted by Crippen LogP contribution is -1.86. The number of rotatable bonds is 0. The zero-order valence-corrected chi connectivity index (χ0v) is 6.82. The van der Waals surface area contributed by atoms with Crippen LogP contribution in [-0.4, -0.2) is 11.1 Å². The fourth-order valence-electron chi connectivity index (χ4n) is 0.496. The maximum absolute atomic E-state index is 9.00. The van der Waals surface area contributed by atoms with E-state index in [0.29, 0.717) is 0 Å². The lowest BCUT2D eigenvalue weighted by molar-refractivity contribution is -0.134. The van der Waals surface area contributed by atoms with Gasteiger partial charge in [-0.15, -0.1) is 0 Å². The first-order chi connectivity index (χ1) is 5.52. The van der Waals surface area contributed by atoms with E-state index in [9.17, 15) is 0 Å². The number of aliphatic carboxylic acids is 1. The minimum absolute atomic E-state index is 0.749. The Morgan fingerprint density at radius 2 is 1.33 bits per heavy atom. The van der Waals surface area contributed by atoms with E-state index in [-0.39, 0.29) is 0 Å². The molecular formula is C8H12N2O2. The summed E-state index contributed by atoms with van der Waals surface area (Å²) in [4.78, 5) is 9.00. The molecule has 5 N–H and O–H groups in total. The summed E-state index contributed by atoms with van der Waals surface area (Å²) in [5.74, 6) is -0.833. The maximum atomic E-state index is 9.00. The molecule has 66 valence electrons. The highest BCUT2D eigenvalue weighted by Crippen LogP contribution is 2.04. The molecule has 0 atom stereocenters. The molecule has 0 bridgehead atoms. The summed E-state index contributed by atoms with van der Waals surface area (Å²) in [5, 5.41) is 7.42. The van der Waals surface area contributed by atoms with E-state index in [1.54, 1.807) is 24.3 Å². The molecule has 4 heteroatoms. The molecule has 0 fully saturated rings. The first kappa shape index (κ1) is 10.3. The largest absolute Gasteiger partial charge is 0.481 e. The summed E-state index contributed by atoms with van der Waals surface area (Å²) in [6.07, 6.45) is 0. The van der Waals surface area contributed by atoms with Gasteiger partial charge in [-0.25, -0.2) is 0 Å². The van der Waals surface area contributed by atoms with E-state index in [0.717, 1.165) is 18.3 Å². The van der Waals surface area contributed by atoms with Crippen molar-refractivity contribution in [3.8, 4) is 0 Å². The number of nitrogens with two attached hydrogens (primary N) is 2. The van der Waals surface area contributed by atoms with Crippen LogP contribution in [0.2, 0.25) is 0 Å². The molecule has 0 unspecified atom stereocenters. The molecule has 0 aliphatic rings. The number of hydrogen-bond acceptors (Lipinski definition) is 3. The van der Waals surface area contributed by atoms with Crippen molar-refractivity contribution < 1.29 is 9.90 Å². The van der Waals surface area contributed by atoms with E-state index in [2.05, 4.69) is 0 Å². The number of hydrogen-bond donors (Lipinski definition) is 3. The third-order valence-corrected chi connectivity index (χ3v) is 0.936. The quantitative estimate of drug-likeness (QED) is 0.503. The Balaban J connectivity index is 0.000000261. The summed E-state index contributed by atoms with van der Waals surface area (Å²) < 4.78 is 0. The first-order valence-corrected chi connectivity index (χ1v) is 3.33. The van der Waals surface area contributed by atoms with Crippen molar-refractivity contribution in [2.24, 2.45) is 0 Å². The standard InChI is InChI=1S/C6H8N2.C2H4O2/c7-5-1-2-6(8)4-3-5;1-2(3)4/h1-4H,7-8H2;1H3,(H,3,4). The number of carboxylic acid groups (broad SMARTS) is 1. The van der Waals surface area contributed by atoms with Crippen molar-refractivity contribution in [2.45, 2.75) is 6.92 Å².